The molecule has 12 heavy (non-hydrogen) atoms. The summed E-state index contributed by atoms with van der Waals surface area (Å²) >= 11 is 0. The first-order valence-electron chi connectivity index (χ1n) is 4.54. The van der Waals surface area contributed by atoms with Crippen LogP contribution in [0.1, 0.15) is 24.2 Å². The topological polar surface area (TPSA) is 20.2 Å². The van der Waals surface area contributed by atoms with Gasteiger partial charge in [-0.15, -0.1) is 0 Å². The van der Waals surface area contributed by atoms with Gasteiger partial charge >= 0.3 is 0 Å². The lowest BCUT2D eigenvalue weighted by molar-refractivity contribution is 0.199. The molecule has 1 rings (SSSR count). The van der Waals surface area contributed by atoms with E-state index in [0.29, 0.717) is 0 Å². The molecular weight excluding hydrogens is 147 g/mol. The van der Waals surface area contributed by atoms with Crippen molar-refractivity contribution in [2.75, 3.05) is 0 Å². The summed E-state index contributed by atoms with van der Waals surface area (Å²) in [6.07, 6.45) is 1.55. The van der Waals surface area contributed by atoms with Crippen LogP contribution in [0.3, 0.4) is 0 Å². The number of hydrogen-bond acceptors (Lipinski definition) is 1. The van der Waals surface area contributed by atoms with Crippen LogP contribution in [0.15, 0.2) is 24.3 Å². The predicted molar refractivity (Wildman–Crippen MR) is 54.1 cm³/mol. The second-order valence-corrected chi connectivity index (χ2v) is 3.02. The molecule has 0 aliphatic carbocycles. The summed E-state index contributed by atoms with van der Waals surface area (Å²) in [6.45, 7) is 2.13. The van der Waals surface area contributed by atoms with Crippen LogP contribution in [0.2, 0.25) is 6.32 Å². The van der Waals surface area contributed by atoms with Crippen molar-refractivity contribution in [1.82, 2.24) is 0 Å². The molecule has 0 aliphatic heterocycles. The Labute approximate surface area is 74.8 Å². The standard InChI is InChI=1S/C10H15BO/c1-2-8-3-5-9(6-4-8)10(12)7-11/h3-6,10,12H,2,7,11H2,1H3/t10-/m1/s1. The van der Waals surface area contributed by atoms with Crippen molar-refractivity contribution in [3.05, 3.63) is 35.4 Å². The monoisotopic (exact) mass is 162 g/mol. The van der Waals surface area contributed by atoms with Gasteiger partial charge in [-0.1, -0.05) is 37.5 Å². The van der Waals surface area contributed by atoms with Gasteiger partial charge in [0.2, 0.25) is 0 Å². The molecule has 0 aliphatic rings. The number of aliphatic hydroxyl groups is 1. The van der Waals surface area contributed by atoms with Crippen molar-refractivity contribution in [3.63, 3.8) is 0 Å². The average molecular weight is 162 g/mol. The highest BCUT2D eigenvalue weighted by Gasteiger charge is 2.02. The van der Waals surface area contributed by atoms with Gasteiger partial charge in [0.15, 0.2) is 0 Å². The molecule has 0 aromatic heterocycles. The minimum Gasteiger partial charge on any atom is -0.389 e. The third-order valence-corrected chi connectivity index (χ3v) is 2.16. The van der Waals surface area contributed by atoms with E-state index in [1.807, 2.05) is 20.0 Å². The smallest absolute Gasteiger partial charge is 0.105 e. The van der Waals surface area contributed by atoms with Crippen LogP contribution in [0.5, 0.6) is 0 Å². The van der Waals surface area contributed by atoms with E-state index in [9.17, 15) is 5.11 Å². The number of aliphatic hydroxyl groups excluding tert-OH is 1. The first-order valence-corrected chi connectivity index (χ1v) is 4.54. The van der Waals surface area contributed by atoms with Gasteiger partial charge in [-0.2, -0.15) is 0 Å². The fourth-order valence-electron chi connectivity index (χ4n) is 1.21. The fourth-order valence-corrected chi connectivity index (χ4v) is 1.21. The van der Waals surface area contributed by atoms with E-state index in [1.54, 1.807) is 0 Å². The van der Waals surface area contributed by atoms with Crippen molar-refractivity contribution in [2.45, 2.75) is 25.8 Å². The second kappa shape index (κ2) is 4.32. The molecule has 1 aromatic carbocycles. The van der Waals surface area contributed by atoms with Crippen molar-refractivity contribution >= 4 is 7.85 Å². The number of benzene rings is 1. The van der Waals surface area contributed by atoms with E-state index >= 15 is 0 Å². The Morgan fingerprint density at radius 2 is 1.92 bits per heavy atom. The lowest BCUT2D eigenvalue weighted by Crippen LogP contribution is -1.95. The summed E-state index contributed by atoms with van der Waals surface area (Å²) in [5.41, 5.74) is 2.34. The molecule has 0 saturated carbocycles. The SMILES string of the molecule is BC[C@@H](O)c1ccc(CC)cc1. The highest BCUT2D eigenvalue weighted by Crippen LogP contribution is 2.16. The van der Waals surface area contributed by atoms with Gasteiger partial charge in [-0.3, -0.25) is 0 Å². The molecule has 0 spiro atoms. The van der Waals surface area contributed by atoms with E-state index in [4.69, 9.17) is 0 Å². The Morgan fingerprint density at radius 1 is 1.33 bits per heavy atom. The van der Waals surface area contributed by atoms with Crippen LogP contribution in [0, 0.1) is 0 Å². The molecule has 0 bridgehead atoms. The lowest BCUT2D eigenvalue weighted by Gasteiger charge is -2.07. The van der Waals surface area contributed by atoms with Gasteiger partial charge < -0.3 is 5.11 Å². The normalized spacial score (nSPS) is 12.8. The Bertz CT molecular complexity index is 230. The summed E-state index contributed by atoms with van der Waals surface area (Å²) in [6, 6.07) is 8.17. The zero-order valence-electron chi connectivity index (χ0n) is 7.75. The van der Waals surface area contributed by atoms with Crippen LogP contribution in [0.25, 0.3) is 0 Å². The molecule has 2 heteroatoms. The number of hydrogen-bond donors (Lipinski definition) is 1. The second-order valence-electron chi connectivity index (χ2n) is 3.02. The third kappa shape index (κ3) is 2.11. The van der Waals surface area contributed by atoms with E-state index in [0.717, 1.165) is 18.3 Å². The maximum Gasteiger partial charge on any atom is 0.105 e. The van der Waals surface area contributed by atoms with Crippen molar-refractivity contribution in [1.29, 1.82) is 0 Å². The third-order valence-electron chi connectivity index (χ3n) is 2.16. The Balaban J connectivity index is 2.77. The van der Waals surface area contributed by atoms with Crippen LogP contribution >= 0.6 is 0 Å². The number of rotatable bonds is 3. The molecule has 0 fully saturated rings. The quantitative estimate of drug-likeness (QED) is 0.664. The summed E-state index contributed by atoms with van der Waals surface area (Å²) in [5.74, 6) is 0. The van der Waals surface area contributed by atoms with Gasteiger partial charge in [0.25, 0.3) is 0 Å². The zero-order chi connectivity index (χ0) is 8.97. The Morgan fingerprint density at radius 3 is 2.33 bits per heavy atom. The first kappa shape index (κ1) is 9.33. The highest BCUT2D eigenvalue weighted by molar-refractivity contribution is 6.08. The van der Waals surface area contributed by atoms with Crippen molar-refractivity contribution < 1.29 is 5.11 Å². The summed E-state index contributed by atoms with van der Waals surface area (Å²) < 4.78 is 0. The molecule has 1 nitrogen and oxygen atoms in total. The van der Waals surface area contributed by atoms with Crippen LogP contribution < -0.4 is 0 Å². The van der Waals surface area contributed by atoms with Crippen LogP contribution in [-0.4, -0.2) is 13.0 Å². The van der Waals surface area contributed by atoms with Crippen molar-refractivity contribution in [3.8, 4) is 0 Å². The van der Waals surface area contributed by atoms with Crippen LogP contribution in [0.4, 0.5) is 0 Å². The van der Waals surface area contributed by atoms with E-state index < -0.39 is 0 Å². The summed E-state index contributed by atoms with van der Waals surface area (Å²) in [5, 5.41) is 9.49. The summed E-state index contributed by atoms with van der Waals surface area (Å²) in [4.78, 5) is 0. The largest absolute Gasteiger partial charge is 0.389 e. The zero-order valence-corrected chi connectivity index (χ0v) is 7.75. The highest BCUT2D eigenvalue weighted by atomic mass is 16.3. The Hall–Kier alpha value is -0.755. The minimum atomic E-state index is -0.295. The molecule has 64 valence electrons. The molecule has 1 aromatic rings. The van der Waals surface area contributed by atoms with Crippen molar-refractivity contribution in [2.24, 2.45) is 0 Å². The average Bonchev–Trinajstić information content (AvgIpc) is 2.17. The first-order chi connectivity index (χ1) is 5.77. The molecule has 0 saturated heterocycles. The van der Waals surface area contributed by atoms with E-state index in [1.165, 1.54) is 5.56 Å². The van der Waals surface area contributed by atoms with Crippen LogP contribution in [-0.2, 0) is 6.42 Å². The van der Waals surface area contributed by atoms with Gasteiger partial charge in [-0.05, 0) is 17.5 Å². The minimum absolute atomic E-state index is 0.295. The fraction of sp³-hybridized carbons (Fsp3) is 0.400. The molecule has 0 heterocycles. The molecular formula is C10H15BO. The summed E-state index contributed by atoms with van der Waals surface area (Å²) in [7, 11) is 1.98. The van der Waals surface area contributed by atoms with Gasteiger partial charge in [0.1, 0.15) is 7.85 Å². The van der Waals surface area contributed by atoms with E-state index in [-0.39, 0.29) is 6.10 Å². The Kier molecular flexibility index (Phi) is 3.36. The van der Waals surface area contributed by atoms with Gasteiger partial charge in [0, 0.05) is 0 Å². The van der Waals surface area contributed by atoms with E-state index in [2.05, 4.69) is 19.1 Å². The molecule has 0 radical (unpaired) electrons. The molecule has 1 atom stereocenters. The molecule has 0 amide bonds. The van der Waals surface area contributed by atoms with Gasteiger partial charge in [0.05, 0.1) is 6.10 Å². The molecule has 1 N–H and O–H groups in total. The number of aryl methyl sites for hydroxylation is 1. The molecule has 0 unspecified atom stereocenters. The maximum atomic E-state index is 9.49. The maximum absolute atomic E-state index is 9.49. The predicted octanol–water partition coefficient (Wildman–Crippen LogP) is 1.33. The lowest BCUT2D eigenvalue weighted by atomic mass is 9.94. The van der Waals surface area contributed by atoms with Gasteiger partial charge in [-0.25, -0.2) is 0 Å².